The number of carbonyl (C=O) groups excluding carboxylic acids is 2. The first-order valence-corrected chi connectivity index (χ1v) is 8.17. The number of Topliss-reactive ketones (excluding diaryl/α,β-unsaturated/α-hetero) is 1. The molecular weight excluding hydrogens is 341 g/mol. The number of hydrogen-bond acceptors (Lipinski definition) is 2. The third kappa shape index (κ3) is 4.22. The molecule has 3 nitrogen and oxygen atoms in total. The molecule has 0 atom stereocenters. The maximum absolute atomic E-state index is 13.0. The van der Waals surface area contributed by atoms with Crippen LogP contribution in [0.15, 0.2) is 60.7 Å². The van der Waals surface area contributed by atoms with E-state index in [1.165, 1.54) is 12.1 Å². The molecule has 0 aliphatic carbocycles. The first-order chi connectivity index (χ1) is 12.0. The monoisotopic (exact) mass is 355 g/mol. The van der Waals surface area contributed by atoms with Crippen molar-refractivity contribution in [2.45, 2.75) is 12.8 Å². The second-order valence-electron chi connectivity index (χ2n) is 5.66. The summed E-state index contributed by atoms with van der Waals surface area (Å²) >= 11 is 5.87. The molecule has 0 spiro atoms. The number of benzene rings is 3. The highest BCUT2D eigenvalue weighted by Crippen LogP contribution is 2.23. The van der Waals surface area contributed by atoms with E-state index < -0.39 is 5.82 Å². The van der Waals surface area contributed by atoms with Crippen LogP contribution in [0.2, 0.25) is 5.02 Å². The van der Waals surface area contributed by atoms with Gasteiger partial charge in [0, 0.05) is 18.4 Å². The number of nitrogens with one attached hydrogen (secondary N) is 1. The molecule has 1 N–H and O–H groups in total. The Balaban J connectivity index is 1.61. The lowest BCUT2D eigenvalue weighted by molar-refractivity contribution is -0.116. The minimum atomic E-state index is -0.477. The molecule has 0 saturated heterocycles. The predicted molar refractivity (Wildman–Crippen MR) is 97.6 cm³/mol. The fourth-order valence-corrected chi connectivity index (χ4v) is 2.75. The first kappa shape index (κ1) is 17.1. The zero-order valence-corrected chi connectivity index (χ0v) is 14.0. The summed E-state index contributed by atoms with van der Waals surface area (Å²) < 4.78 is 13.0. The van der Waals surface area contributed by atoms with E-state index in [0.717, 1.165) is 16.8 Å². The lowest BCUT2D eigenvalue weighted by Gasteiger charge is -2.07. The van der Waals surface area contributed by atoms with Gasteiger partial charge < -0.3 is 5.32 Å². The second kappa shape index (κ2) is 7.45. The highest BCUT2D eigenvalue weighted by atomic mass is 35.5. The Hall–Kier alpha value is -2.72. The molecule has 126 valence electrons. The molecule has 0 bridgehead atoms. The van der Waals surface area contributed by atoms with Crippen LogP contribution in [0.5, 0.6) is 0 Å². The van der Waals surface area contributed by atoms with Gasteiger partial charge in [0.2, 0.25) is 5.91 Å². The van der Waals surface area contributed by atoms with Crippen molar-refractivity contribution in [3.8, 4) is 0 Å². The lowest BCUT2D eigenvalue weighted by Crippen LogP contribution is -2.13. The Morgan fingerprint density at radius 2 is 1.68 bits per heavy atom. The van der Waals surface area contributed by atoms with Crippen molar-refractivity contribution in [2.24, 2.45) is 0 Å². The minimum absolute atomic E-state index is 0.0271. The highest BCUT2D eigenvalue weighted by Gasteiger charge is 2.11. The van der Waals surface area contributed by atoms with Crippen LogP contribution >= 0.6 is 11.6 Å². The number of fused-ring (bicyclic) bond motifs is 1. The SMILES string of the molecule is O=C(CCC(=O)c1ccc2ccccc2c1)Nc1ccc(F)cc1Cl. The Morgan fingerprint density at radius 3 is 2.44 bits per heavy atom. The van der Waals surface area contributed by atoms with Crippen LogP contribution in [-0.2, 0) is 4.79 Å². The summed E-state index contributed by atoms with van der Waals surface area (Å²) in [6, 6.07) is 17.0. The Kier molecular flexibility index (Phi) is 5.10. The lowest BCUT2D eigenvalue weighted by atomic mass is 10.0. The van der Waals surface area contributed by atoms with Crippen LogP contribution in [0.25, 0.3) is 10.8 Å². The van der Waals surface area contributed by atoms with Crippen molar-refractivity contribution in [3.05, 3.63) is 77.1 Å². The normalized spacial score (nSPS) is 10.6. The van der Waals surface area contributed by atoms with E-state index in [2.05, 4.69) is 5.32 Å². The number of rotatable bonds is 5. The maximum Gasteiger partial charge on any atom is 0.224 e. The van der Waals surface area contributed by atoms with E-state index in [1.807, 2.05) is 36.4 Å². The Labute approximate surface area is 149 Å². The van der Waals surface area contributed by atoms with Gasteiger partial charge in [0.05, 0.1) is 10.7 Å². The summed E-state index contributed by atoms with van der Waals surface area (Å²) in [7, 11) is 0. The van der Waals surface area contributed by atoms with E-state index >= 15 is 0 Å². The van der Waals surface area contributed by atoms with Crippen molar-refractivity contribution in [1.29, 1.82) is 0 Å². The molecule has 25 heavy (non-hydrogen) atoms. The molecule has 0 aromatic heterocycles. The molecule has 0 radical (unpaired) electrons. The zero-order chi connectivity index (χ0) is 17.8. The highest BCUT2D eigenvalue weighted by molar-refractivity contribution is 6.33. The summed E-state index contributed by atoms with van der Waals surface area (Å²) in [6.45, 7) is 0. The number of amides is 1. The first-order valence-electron chi connectivity index (χ1n) is 7.80. The second-order valence-corrected chi connectivity index (χ2v) is 6.06. The molecule has 0 aliphatic heterocycles. The average molecular weight is 356 g/mol. The van der Waals surface area contributed by atoms with Gasteiger partial charge in [0.15, 0.2) is 5.78 Å². The Bertz CT molecular complexity index is 955. The van der Waals surface area contributed by atoms with Gasteiger partial charge in [-0.1, -0.05) is 48.0 Å². The van der Waals surface area contributed by atoms with E-state index in [-0.39, 0.29) is 29.6 Å². The molecule has 5 heteroatoms. The fraction of sp³-hybridized carbons (Fsp3) is 0.100. The van der Waals surface area contributed by atoms with Crippen LogP contribution in [-0.4, -0.2) is 11.7 Å². The quantitative estimate of drug-likeness (QED) is 0.636. The number of anilines is 1. The van der Waals surface area contributed by atoms with Crippen molar-refractivity contribution in [1.82, 2.24) is 0 Å². The smallest absolute Gasteiger partial charge is 0.224 e. The van der Waals surface area contributed by atoms with Crippen LogP contribution in [0, 0.1) is 5.82 Å². The van der Waals surface area contributed by atoms with Crippen LogP contribution in [0.3, 0.4) is 0 Å². The standard InChI is InChI=1S/C20H15ClFNO2/c21-17-12-16(22)7-8-18(17)23-20(25)10-9-19(24)15-6-5-13-3-1-2-4-14(13)11-15/h1-8,11-12H,9-10H2,(H,23,25). The van der Waals surface area contributed by atoms with Gasteiger partial charge in [-0.25, -0.2) is 4.39 Å². The fourth-order valence-electron chi connectivity index (χ4n) is 2.54. The van der Waals surface area contributed by atoms with E-state index in [9.17, 15) is 14.0 Å². The molecule has 3 rings (SSSR count). The molecule has 3 aromatic carbocycles. The third-order valence-corrected chi connectivity index (χ3v) is 4.17. The number of carbonyl (C=O) groups is 2. The number of hydrogen-bond donors (Lipinski definition) is 1. The van der Waals surface area contributed by atoms with Gasteiger partial charge in [-0.05, 0) is 35.0 Å². The summed E-state index contributed by atoms with van der Waals surface area (Å²) in [5.41, 5.74) is 0.900. The Morgan fingerprint density at radius 1 is 0.920 bits per heavy atom. The summed E-state index contributed by atoms with van der Waals surface area (Å²) in [4.78, 5) is 24.3. The number of ketones is 1. The molecule has 0 aliphatic rings. The minimum Gasteiger partial charge on any atom is -0.325 e. The molecule has 1 amide bonds. The van der Waals surface area contributed by atoms with E-state index in [1.54, 1.807) is 6.07 Å². The van der Waals surface area contributed by atoms with Crippen molar-refractivity contribution >= 4 is 39.8 Å². The van der Waals surface area contributed by atoms with Gasteiger partial charge in [0.1, 0.15) is 5.82 Å². The van der Waals surface area contributed by atoms with Gasteiger partial charge in [-0.3, -0.25) is 9.59 Å². The van der Waals surface area contributed by atoms with E-state index in [4.69, 9.17) is 11.6 Å². The largest absolute Gasteiger partial charge is 0.325 e. The molecule has 3 aromatic rings. The van der Waals surface area contributed by atoms with Crippen LogP contribution in [0.4, 0.5) is 10.1 Å². The molecule has 0 unspecified atom stereocenters. The summed E-state index contributed by atoms with van der Waals surface area (Å²) in [5.74, 6) is -0.928. The van der Waals surface area contributed by atoms with Crippen LogP contribution < -0.4 is 5.32 Å². The molecule has 0 heterocycles. The van der Waals surface area contributed by atoms with Gasteiger partial charge in [-0.2, -0.15) is 0 Å². The topological polar surface area (TPSA) is 46.2 Å². The summed E-state index contributed by atoms with van der Waals surface area (Å²) in [6.07, 6.45) is 0.113. The third-order valence-electron chi connectivity index (χ3n) is 3.86. The van der Waals surface area contributed by atoms with Gasteiger partial charge in [-0.15, -0.1) is 0 Å². The van der Waals surface area contributed by atoms with Gasteiger partial charge >= 0.3 is 0 Å². The van der Waals surface area contributed by atoms with Crippen LogP contribution in [0.1, 0.15) is 23.2 Å². The maximum atomic E-state index is 13.0. The van der Waals surface area contributed by atoms with Gasteiger partial charge in [0.25, 0.3) is 0 Å². The average Bonchev–Trinajstić information content (AvgIpc) is 2.61. The zero-order valence-electron chi connectivity index (χ0n) is 13.3. The van der Waals surface area contributed by atoms with Crippen molar-refractivity contribution < 1.29 is 14.0 Å². The predicted octanol–water partition coefficient (Wildman–Crippen LogP) is 5.23. The van der Waals surface area contributed by atoms with E-state index in [0.29, 0.717) is 11.3 Å². The summed E-state index contributed by atoms with van der Waals surface area (Å²) in [5, 5.41) is 4.74. The van der Waals surface area contributed by atoms with Crippen molar-refractivity contribution in [2.75, 3.05) is 5.32 Å². The van der Waals surface area contributed by atoms with Crippen molar-refractivity contribution in [3.63, 3.8) is 0 Å². The number of halogens is 2. The molecular formula is C20H15ClFNO2. The molecule has 0 saturated carbocycles. The molecule has 0 fully saturated rings.